The largest absolute Gasteiger partial charge is 0.462 e. The first-order valence-electron chi connectivity index (χ1n) is 8.27. The second-order valence-corrected chi connectivity index (χ2v) is 6.13. The predicted octanol–water partition coefficient (Wildman–Crippen LogP) is 2.51. The lowest BCUT2D eigenvalue weighted by atomic mass is 9.84. The van der Waals surface area contributed by atoms with Gasteiger partial charge in [0, 0.05) is 6.04 Å². The summed E-state index contributed by atoms with van der Waals surface area (Å²) in [4.78, 5) is 12.4. The van der Waals surface area contributed by atoms with Crippen LogP contribution in [0.1, 0.15) is 52.4 Å². The second kappa shape index (κ2) is 7.99. The van der Waals surface area contributed by atoms with Gasteiger partial charge in [0.05, 0.1) is 19.1 Å². The summed E-state index contributed by atoms with van der Waals surface area (Å²) >= 11 is 0. The average Bonchev–Trinajstić information content (AvgIpc) is 2.94. The molecule has 20 heavy (non-hydrogen) atoms. The highest BCUT2D eigenvalue weighted by molar-refractivity contribution is 5.74. The molecule has 2 fully saturated rings. The highest BCUT2D eigenvalue weighted by Crippen LogP contribution is 2.30. The Bertz CT molecular complexity index is 308. The number of rotatable bonds is 6. The summed E-state index contributed by atoms with van der Waals surface area (Å²) in [5.74, 6) is 0.375. The highest BCUT2D eigenvalue weighted by Gasteiger charge is 2.37. The minimum atomic E-state index is -0.124. The fourth-order valence-corrected chi connectivity index (χ4v) is 3.35. The summed E-state index contributed by atoms with van der Waals surface area (Å²) in [6, 6.07) is 0.131. The van der Waals surface area contributed by atoms with E-state index < -0.39 is 0 Å². The fourth-order valence-electron chi connectivity index (χ4n) is 3.35. The molecule has 2 rings (SSSR count). The molecule has 4 atom stereocenters. The van der Waals surface area contributed by atoms with E-state index in [-0.39, 0.29) is 24.0 Å². The van der Waals surface area contributed by atoms with Crippen LogP contribution in [0.3, 0.4) is 0 Å². The molecule has 0 radical (unpaired) electrons. The monoisotopic (exact) mass is 283 g/mol. The summed E-state index contributed by atoms with van der Waals surface area (Å²) in [6.07, 6.45) is 7.01. The zero-order valence-corrected chi connectivity index (χ0v) is 12.9. The van der Waals surface area contributed by atoms with Crippen LogP contribution in [0, 0.1) is 11.8 Å². The molecule has 4 nitrogen and oxygen atoms in total. The molecule has 1 aliphatic carbocycles. The van der Waals surface area contributed by atoms with E-state index in [1.807, 2.05) is 0 Å². The molecule has 0 spiro atoms. The third-order valence-corrected chi connectivity index (χ3v) is 4.67. The smallest absolute Gasteiger partial charge is 0.313 e. The van der Waals surface area contributed by atoms with E-state index in [1.54, 1.807) is 0 Å². The average molecular weight is 283 g/mol. The summed E-state index contributed by atoms with van der Waals surface area (Å²) < 4.78 is 11.3. The summed E-state index contributed by atoms with van der Waals surface area (Å²) in [7, 11) is 0. The first kappa shape index (κ1) is 15.8. The maximum atomic E-state index is 12.4. The molecule has 0 bridgehead atoms. The Kier molecular flexibility index (Phi) is 6.30. The van der Waals surface area contributed by atoms with Gasteiger partial charge in [-0.2, -0.15) is 0 Å². The quantitative estimate of drug-likeness (QED) is 0.761. The Morgan fingerprint density at radius 2 is 2.05 bits per heavy atom. The number of hydrogen-bond acceptors (Lipinski definition) is 4. The highest BCUT2D eigenvalue weighted by atomic mass is 16.6. The van der Waals surface area contributed by atoms with Gasteiger partial charge in [-0.05, 0) is 44.6 Å². The lowest BCUT2D eigenvalue weighted by Crippen LogP contribution is -2.42. The van der Waals surface area contributed by atoms with Crippen LogP contribution in [0.2, 0.25) is 0 Å². The van der Waals surface area contributed by atoms with E-state index in [2.05, 4.69) is 19.2 Å². The van der Waals surface area contributed by atoms with E-state index >= 15 is 0 Å². The van der Waals surface area contributed by atoms with Gasteiger partial charge in [-0.1, -0.05) is 20.3 Å². The molecule has 4 unspecified atom stereocenters. The first-order chi connectivity index (χ1) is 9.76. The van der Waals surface area contributed by atoms with E-state index in [9.17, 15) is 4.79 Å². The van der Waals surface area contributed by atoms with Gasteiger partial charge < -0.3 is 14.8 Å². The first-order valence-corrected chi connectivity index (χ1v) is 8.27. The molecule has 1 saturated carbocycles. The maximum Gasteiger partial charge on any atom is 0.313 e. The Morgan fingerprint density at radius 3 is 2.80 bits per heavy atom. The Labute approximate surface area is 122 Å². The van der Waals surface area contributed by atoms with Crippen LogP contribution in [0.25, 0.3) is 0 Å². The van der Waals surface area contributed by atoms with Gasteiger partial charge in [-0.15, -0.1) is 0 Å². The third kappa shape index (κ3) is 3.95. The van der Waals surface area contributed by atoms with E-state index in [0.717, 1.165) is 25.8 Å². The number of carbonyl (C=O) groups is 1. The van der Waals surface area contributed by atoms with Gasteiger partial charge in [0.1, 0.15) is 6.10 Å². The zero-order chi connectivity index (χ0) is 14.4. The molecule has 0 aromatic carbocycles. The molecule has 0 aromatic rings. The van der Waals surface area contributed by atoms with Crippen LogP contribution in [0.15, 0.2) is 0 Å². The van der Waals surface area contributed by atoms with Crippen molar-refractivity contribution in [2.24, 2.45) is 11.8 Å². The molecular formula is C16H29NO3. The van der Waals surface area contributed by atoms with Crippen LogP contribution in [-0.2, 0) is 14.3 Å². The van der Waals surface area contributed by atoms with Gasteiger partial charge >= 0.3 is 5.97 Å². The molecule has 116 valence electrons. The van der Waals surface area contributed by atoms with Crippen molar-refractivity contribution in [1.29, 1.82) is 0 Å². The molecule has 1 N–H and O–H groups in total. The van der Waals surface area contributed by atoms with Crippen LogP contribution in [0.4, 0.5) is 0 Å². The van der Waals surface area contributed by atoms with Gasteiger partial charge in [-0.3, -0.25) is 4.79 Å². The Balaban J connectivity index is 1.86. The van der Waals surface area contributed by atoms with Crippen molar-refractivity contribution in [1.82, 2.24) is 5.32 Å². The van der Waals surface area contributed by atoms with Gasteiger partial charge in [0.25, 0.3) is 0 Å². The van der Waals surface area contributed by atoms with Crippen molar-refractivity contribution in [3.05, 3.63) is 0 Å². The normalized spacial score (nSPS) is 34.1. The molecule has 2 aliphatic rings. The number of carbonyl (C=O) groups excluding carboxylic acids is 1. The summed E-state index contributed by atoms with van der Waals surface area (Å²) in [5.41, 5.74) is 0. The Hall–Kier alpha value is -0.610. The summed E-state index contributed by atoms with van der Waals surface area (Å²) in [5, 5.41) is 3.40. The van der Waals surface area contributed by atoms with Crippen molar-refractivity contribution in [3.8, 4) is 0 Å². The van der Waals surface area contributed by atoms with Gasteiger partial charge in [0.15, 0.2) is 0 Å². The van der Waals surface area contributed by atoms with Crippen molar-refractivity contribution < 1.29 is 14.3 Å². The Morgan fingerprint density at radius 1 is 1.25 bits per heavy atom. The summed E-state index contributed by atoms with van der Waals surface area (Å²) in [6.45, 7) is 6.38. The SMILES string of the molecule is CCCNC1COCC1C(=O)OC1CCCCC1CC. The number of esters is 1. The van der Waals surface area contributed by atoms with E-state index in [4.69, 9.17) is 9.47 Å². The number of hydrogen-bond donors (Lipinski definition) is 1. The van der Waals surface area contributed by atoms with Gasteiger partial charge in [-0.25, -0.2) is 0 Å². The molecule has 0 aromatic heterocycles. The molecule has 1 aliphatic heterocycles. The molecule has 1 saturated heterocycles. The third-order valence-electron chi connectivity index (χ3n) is 4.67. The van der Waals surface area contributed by atoms with Crippen molar-refractivity contribution in [3.63, 3.8) is 0 Å². The lowest BCUT2D eigenvalue weighted by molar-refractivity contribution is -0.159. The van der Waals surface area contributed by atoms with E-state index in [0.29, 0.717) is 19.1 Å². The topological polar surface area (TPSA) is 47.6 Å². The van der Waals surface area contributed by atoms with Gasteiger partial charge in [0.2, 0.25) is 0 Å². The zero-order valence-electron chi connectivity index (χ0n) is 12.9. The number of nitrogens with one attached hydrogen (secondary N) is 1. The minimum absolute atomic E-state index is 0.0542. The van der Waals surface area contributed by atoms with Crippen molar-refractivity contribution in [2.75, 3.05) is 19.8 Å². The van der Waals surface area contributed by atoms with Crippen LogP contribution in [0.5, 0.6) is 0 Å². The lowest BCUT2D eigenvalue weighted by Gasteiger charge is -2.31. The predicted molar refractivity (Wildman–Crippen MR) is 78.5 cm³/mol. The molecular weight excluding hydrogens is 254 g/mol. The number of ether oxygens (including phenoxy) is 2. The van der Waals surface area contributed by atoms with Crippen molar-refractivity contribution >= 4 is 5.97 Å². The molecule has 4 heteroatoms. The maximum absolute atomic E-state index is 12.4. The molecule has 0 amide bonds. The minimum Gasteiger partial charge on any atom is -0.462 e. The van der Waals surface area contributed by atoms with Crippen LogP contribution in [-0.4, -0.2) is 37.9 Å². The standard InChI is InChI=1S/C16H29NO3/c1-3-9-17-14-11-19-10-13(14)16(18)20-15-8-6-5-7-12(15)4-2/h12-15,17H,3-11H2,1-2H3. The second-order valence-electron chi connectivity index (χ2n) is 6.13. The fraction of sp³-hybridized carbons (Fsp3) is 0.938. The van der Waals surface area contributed by atoms with E-state index in [1.165, 1.54) is 19.3 Å². The molecule has 1 heterocycles. The van der Waals surface area contributed by atoms with Crippen molar-refractivity contribution in [2.45, 2.75) is 64.5 Å². The van der Waals surface area contributed by atoms with Crippen LogP contribution >= 0.6 is 0 Å². The van der Waals surface area contributed by atoms with Crippen LogP contribution < -0.4 is 5.32 Å².